The Morgan fingerprint density at radius 1 is 1.47 bits per heavy atom. The maximum absolute atomic E-state index is 11.8. The summed E-state index contributed by atoms with van der Waals surface area (Å²) < 4.78 is 0.889. The molecular weight excluding hydrogens is 304 g/mol. The molecule has 94 valence electrons. The van der Waals surface area contributed by atoms with Gasteiger partial charge in [-0.15, -0.1) is 12.4 Å². The van der Waals surface area contributed by atoms with Gasteiger partial charge in [-0.2, -0.15) is 0 Å². The van der Waals surface area contributed by atoms with Crippen molar-refractivity contribution in [1.29, 1.82) is 0 Å². The third-order valence-electron chi connectivity index (χ3n) is 3.03. The molecule has 1 saturated carbocycles. The number of hydrogen-bond acceptors (Lipinski definition) is 2. The van der Waals surface area contributed by atoms with E-state index in [0.29, 0.717) is 17.2 Å². The van der Waals surface area contributed by atoms with E-state index in [9.17, 15) is 4.79 Å². The molecule has 0 bridgehead atoms. The van der Waals surface area contributed by atoms with Crippen molar-refractivity contribution in [2.45, 2.75) is 19.3 Å². The molecule has 1 aliphatic rings. The van der Waals surface area contributed by atoms with Crippen molar-refractivity contribution in [2.75, 3.05) is 12.3 Å². The van der Waals surface area contributed by atoms with Crippen molar-refractivity contribution in [3.63, 3.8) is 0 Å². The minimum Gasteiger partial charge on any atom is -0.398 e. The van der Waals surface area contributed by atoms with Crippen LogP contribution in [0.2, 0.25) is 0 Å². The highest BCUT2D eigenvalue weighted by Crippen LogP contribution is 2.25. The van der Waals surface area contributed by atoms with Crippen LogP contribution in [0.3, 0.4) is 0 Å². The molecular formula is C12H16BrClN2O. The molecule has 1 aromatic carbocycles. The summed E-state index contributed by atoms with van der Waals surface area (Å²) in [5.41, 5.74) is 6.86. The first-order valence-electron chi connectivity index (χ1n) is 5.50. The van der Waals surface area contributed by atoms with Gasteiger partial charge in [0, 0.05) is 16.7 Å². The van der Waals surface area contributed by atoms with Gasteiger partial charge in [0.1, 0.15) is 0 Å². The lowest BCUT2D eigenvalue weighted by molar-refractivity contribution is 0.0940. The van der Waals surface area contributed by atoms with Crippen molar-refractivity contribution in [2.24, 2.45) is 5.92 Å². The largest absolute Gasteiger partial charge is 0.398 e. The number of nitrogens with two attached hydrogens (primary N) is 1. The monoisotopic (exact) mass is 318 g/mol. The van der Waals surface area contributed by atoms with Crippen LogP contribution in [0.15, 0.2) is 22.7 Å². The van der Waals surface area contributed by atoms with Gasteiger partial charge in [-0.05, 0) is 37.0 Å². The first-order valence-corrected chi connectivity index (χ1v) is 6.29. The number of amides is 1. The first kappa shape index (κ1) is 14.3. The highest BCUT2D eigenvalue weighted by Gasteiger charge is 2.18. The average molecular weight is 320 g/mol. The van der Waals surface area contributed by atoms with E-state index in [-0.39, 0.29) is 18.3 Å². The third kappa shape index (κ3) is 3.61. The standard InChI is InChI=1S/C12H15BrN2O.ClH/c13-9-4-5-10(11(14)6-9)12(16)15-7-8-2-1-3-8;/h4-6,8H,1-3,7,14H2,(H,15,16);1H. The molecule has 2 rings (SSSR count). The fraction of sp³-hybridized carbons (Fsp3) is 0.417. The number of rotatable bonds is 3. The molecule has 0 unspecified atom stereocenters. The molecule has 3 N–H and O–H groups in total. The summed E-state index contributed by atoms with van der Waals surface area (Å²) in [6.07, 6.45) is 3.76. The smallest absolute Gasteiger partial charge is 0.253 e. The highest BCUT2D eigenvalue weighted by atomic mass is 79.9. The quantitative estimate of drug-likeness (QED) is 0.842. The number of carbonyl (C=O) groups is 1. The predicted octanol–water partition coefficient (Wildman–Crippen LogP) is 2.98. The molecule has 1 fully saturated rings. The van der Waals surface area contributed by atoms with Crippen LogP contribution in [-0.2, 0) is 0 Å². The molecule has 1 amide bonds. The van der Waals surface area contributed by atoms with Crippen molar-refractivity contribution in [3.05, 3.63) is 28.2 Å². The SMILES string of the molecule is Cl.Nc1cc(Br)ccc1C(=O)NCC1CCC1. The lowest BCUT2D eigenvalue weighted by Gasteiger charge is -2.25. The summed E-state index contributed by atoms with van der Waals surface area (Å²) in [6, 6.07) is 5.32. The average Bonchev–Trinajstić information content (AvgIpc) is 2.14. The summed E-state index contributed by atoms with van der Waals surface area (Å²) in [6.45, 7) is 0.772. The Hall–Kier alpha value is -0.740. The molecule has 0 spiro atoms. The number of benzene rings is 1. The van der Waals surface area contributed by atoms with Gasteiger partial charge in [0.15, 0.2) is 0 Å². The minimum atomic E-state index is -0.0723. The number of anilines is 1. The van der Waals surface area contributed by atoms with Crippen molar-refractivity contribution < 1.29 is 4.79 Å². The van der Waals surface area contributed by atoms with E-state index in [4.69, 9.17) is 5.73 Å². The number of hydrogen-bond donors (Lipinski definition) is 2. The topological polar surface area (TPSA) is 55.1 Å². The van der Waals surface area contributed by atoms with Gasteiger partial charge >= 0.3 is 0 Å². The molecule has 1 aliphatic carbocycles. The van der Waals surface area contributed by atoms with Crippen molar-refractivity contribution >= 4 is 39.9 Å². The molecule has 17 heavy (non-hydrogen) atoms. The first-order chi connectivity index (χ1) is 7.66. The number of carbonyl (C=O) groups excluding carboxylic acids is 1. The Morgan fingerprint density at radius 3 is 2.71 bits per heavy atom. The van der Waals surface area contributed by atoms with E-state index >= 15 is 0 Å². The van der Waals surface area contributed by atoms with Gasteiger partial charge < -0.3 is 11.1 Å². The lowest BCUT2D eigenvalue weighted by atomic mass is 9.85. The Balaban J connectivity index is 0.00000144. The molecule has 1 aromatic rings. The minimum absolute atomic E-state index is 0. The van der Waals surface area contributed by atoms with Gasteiger partial charge in [-0.1, -0.05) is 22.4 Å². The van der Waals surface area contributed by atoms with Crippen LogP contribution in [-0.4, -0.2) is 12.5 Å². The van der Waals surface area contributed by atoms with Crippen LogP contribution in [0.25, 0.3) is 0 Å². The summed E-state index contributed by atoms with van der Waals surface area (Å²) in [5.74, 6) is 0.595. The van der Waals surface area contributed by atoms with Crippen molar-refractivity contribution in [1.82, 2.24) is 5.32 Å². The summed E-state index contributed by atoms with van der Waals surface area (Å²) in [5, 5.41) is 2.93. The Bertz CT molecular complexity index is 407. The maximum Gasteiger partial charge on any atom is 0.253 e. The third-order valence-corrected chi connectivity index (χ3v) is 3.53. The van der Waals surface area contributed by atoms with E-state index in [1.807, 2.05) is 6.07 Å². The van der Waals surface area contributed by atoms with Gasteiger partial charge in [-0.25, -0.2) is 0 Å². The van der Waals surface area contributed by atoms with Crippen molar-refractivity contribution in [3.8, 4) is 0 Å². The normalized spacial score (nSPS) is 14.6. The number of nitrogen functional groups attached to an aromatic ring is 1. The van der Waals surface area contributed by atoms with Crippen LogP contribution >= 0.6 is 28.3 Å². The van der Waals surface area contributed by atoms with Crippen LogP contribution < -0.4 is 11.1 Å². The van der Waals surface area contributed by atoms with Crippen LogP contribution in [0.5, 0.6) is 0 Å². The molecule has 5 heteroatoms. The molecule has 0 aliphatic heterocycles. The van der Waals surface area contributed by atoms with E-state index in [1.54, 1.807) is 12.1 Å². The molecule has 0 radical (unpaired) electrons. The number of nitrogens with one attached hydrogen (secondary N) is 1. The molecule has 0 atom stereocenters. The van der Waals surface area contributed by atoms with Crippen LogP contribution in [0.4, 0.5) is 5.69 Å². The zero-order chi connectivity index (χ0) is 11.5. The van der Waals surface area contributed by atoms with E-state index < -0.39 is 0 Å². The molecule has 0 aromatic heterocycles. The van der Waals surface area contributed by atoms with Crippen LogP contribution in [0, 0.1) is 5.92 Å². The van der Waals surface area contributed by atoms with E-state index in [2.05, 4.69) is 21.2 Å². The van der Waals surface area contributed by atoms with Gasteiger partial charge in [0.2, 0.25) is 0 Å². The lowest BCUT2D eigenvalue weighted by Crippen LogP contribution is -2.32. The second kappa shape index (κ2) is 6.26. The zero-order valence-corrected chi connectivity index (χ0v) is 11.8. The van der Waals surface area contributed by atoms with Gasteiger partial charge in [-0.3, -0.25) is 4.79 Å². The Morgan fingerprint density at radius 2 is 2.18 bits per heavy atom. The number of halogens is 2. The molecule has 0 saturated heterocycles. The maximum atomic E-state index is 11.8. The zero-order valence-electron chi connectivity index (χ0n) is 9.41. The van der Waals surface area contributed by atoms with Gasteiger partial charge in [0.05, 0.1) is 5.56 Å². The Labute approximate surface area is 116 Å². The summed E-state index contributed by atoms with van der Waals surface area (Å²) in [7, 11) is 0. The summed E-state index contributed by atoms with van der Waals surface area (Å²) >= 11 is 3.32. The predicted molar refractivity (Wildman–Crippen MR) is 75.5 cm³/mol. The van der Waals surface area contributed by atoms with Crippen LogP contribution in [0.1, 0.15) is 29.6 Å². The van der Waals surface area contributed by atoms with Gasteiger partial charge in [0.25, 0.3) is 5.91 Å². The Kier molecular flexibility index (Phi) is 5.28. The fourth-order valence-corrected chi connectivity index (χ4v) is 2.15. The highest BCUT2D eigenvalue weighted by molar-refractivity contribution is 9.10. The van der Waals surface area contributed by atoms with E-state index in [0.717, 1.165) is 11.0 Å². The molecule has 0 heterocycles. The molecule has 3 nitrogen and oxygen atoms in total. The fourth-order valence-electron chi connectivity index (χ4n) is 1.77. The van der Waals surface area contributed by atoms with E-state index in [1.165, 1.54) is 19.3 Å². The second-order valence-corrected chi connectivity index (χ2v) is 5.15. The summed E-state index contributed by atoms with van der Waals surface area (Å²) in [4.78, 5) is 11.8. The second-order valence-electron chi connectivity index (χ2n) is 4.24.